The lowest BCUT2D eigenvalue weighted by atomic mass is 9.80. The summed E-state index contributed by atoms with van der Waals surface area (Å²) < 4.78 is 5.66. The lowest BCUT2D eigenvalue weighted by molar-refractivity contribution is -0.133. The van der Waals surface area contributed by atoms with E-state index in [4.69, 9.17) is 10.5 Å². The lowest BCUT2D eigenvalue weighted by Gasteiger charge is -2.31. The number of carbonyl (C=O) groups is 1. The zero-order valence-corrected chi connectivity index (χ0v) is 11.1. The van der Waals surface area contributed by atoms with Gasteiger partial charge in [-0.1, -0.05) is 12.8 Å². The van der Waals surface area contributed by atoms with Gasteiger partial charge < -0.3 is 15.8 Å². The Balaban J connectivity index is 2.30. The molecule has 0 bridgehead atoms. The number of amides is 1. The van der Waals surface area contributed by atoms with Crippen LogP contribution in [-0.4, -0.2) is 31.7 Å². The second-order valence-electron chi connectivity index (χ2n) is 4.91. The predicted molar refractivity (Wildman–Crippen MR) is 68.6 cm³/mol. The second-order valence-corrected chi connectivity index (χ2v) is 4.91. The van der Waals surface area contributed by atoms with Crippen LogP contribution in [0, 0.1) is 11.8 Å². The summed E-state index contributed by atoms with van der Waals surface area (Å²) in [6.45, 7) is 5.78. The average molecular weight is 242 g/mol. The number of carbonyl (C=O) groups excluding carboxylic acids is 1. The minimum atomic E-state index is -0.352. The standard InChI is InChI=1S/C13H26N2O2/c1-3-15-13(16)10(2)17-9-12-7-5-4-6-11(12)8-14/h10-12H,3-9,14H2,1-2H3,(H,15,16). The van der Waals surface area contributed by atoms with Crippen molar-refractivity contribution >= 4 is 5.91 Å². The molecule has 17 heavy (non-hydrogen) atoms. The monoisotopic (exact) mass is 242 g/mol. The molecule has 0 heterocycles. The molecule has 0 aromatic carbocycles. The molecule has 0 aromatic rings. The van der Waals surface area contributed by atoms with E-state index in [1.54, 1.807) is 0 Å². The van der Waals surface area contributed by atoms with E-state index in [1.165, 1.54) is 25.7 Å². The number of likely N-dealkylation sites (N-methyl/N-ethyl adjacent to an activating group) is 1. The van der Waals surface area contributed by atoms with E-state index in [-0.39, 0.29) is 12.0 Å². The van der Waals surface area contributed by atoms with Crippen molar-refractivity contribution in [1.82, 2.24) is 5.32 Å². The van der Waals surface area contributed by atoms with Crippen molar-refractivity contribution < 1.29 is 9.53 Å². The van der Waals surface area contributed by atoms with E-state index < -0.39 is 0 Å². The Kier molecular flexibility index (Phi) is 6.52. The SMILES string of the molecule is CCNC(=O)C(C)OCC1CCCCC1CN. The number of nitrogens with one attached hydrogen (secondary N) is 1. The molecule has 3 N–H and O–H groups in total. The molecule has 4 nitrogen and oxygen atoms in total. The largest absolute Gasteiger partial charge is 0.368 e. The summed E-state index contributed by atoms with van der Waals surface area (Å²) in [7, 11) is 0. The number of hydrogen-bond acceptors (Lipinski definition) is 3. The van der Waals surface area contributed by atoms with Crippen LogP contribution in [0.2, 0.25) is 0 Å². The maximum absolute atomic E-state index is 11.5. The van der Waals surface area contributed by atoms with Gasteiger partial charge in [0.2, 0.25) is 5.91 Å². The van der Waals surface area contributed by atoms with Crippen LogP contribution in [0.5, 0.6) is 0 Å². The Morgan fingerprint density at radius 1 is 1.41 bits per heavy atom. The molecule has 4 heteroatoms. The van der Waals surface area contributed by atoms with Crippen molar-refractivity contribution in [3.8, 4) is 0 Å². The first kappa shape index (κ1) is 14.5. The normalized spacial score (nSPS) is 26.5. The van der Waals surface area contributed by atoms with Gasteiger partial charge in [-0.15, -0.1) is 0 Å². The lowest BCUT2D eigenvalue weighted by Crippen LogP contribution is -2.37. The fraction of sp³-hybridized carbons (Fsp3) is 0.923. The molecule has 3 atom stereocenters. The summed E-state index contributed by atoms with van der Waals surface area (Å²) in [5, 5.41) is 2.77. The summed E-state index contributed by atoms with van der Waals surface area (Å²) in [5.41, 5.74) is 5.77. The summed E-state index contributed by atoms with van der Waals surface area (Å²) in [5.74, 6) is 1.09. The molecule has 0 spiro atoms. The van der Waals surface area contributed by atoms with E-state index in [0.29, 0.717) is 25.0 Å². The van der Waals surface area contributed by atoms with E-state index >= 15 is 0 Å². The summed E-state index contributed by atoms with van der Waals surface area (Å²) in [6.07, 6.45) is 4.59. The van der Waals surface area contributed by atoms with Crippen LogP contribution in [0.1, 0.15) is 39.5 Å². The third kappa shape index (κ3) is 4.64. The smallest absolute Gasteiger partial charge is 0.248 e. The molecule has 1 saturated carbocycles. The Labute approximate surface area is 104 Å². The van der Waals surface area contributed by atoms with Gasteiger partial charge in [0.1, 0.15) is 6.10 Å². The van der Waals surface area contributed by atoms with E-state index in [1.807, 2.05) is 13.8 Å². The Hall–Kier alpha value is -0.610. The van der Waals surface area contributed by atoms with Crippen LogP contribution in [0.3, 0.4) is 0 Å². The van der Waals surface area contributed by atoms with Crippen molar-refractivity contribution in [2.24, 2.45) is 17.6 Å². The molecule has 1 rings (SSSR count). The Morgan fingerprint density at radius 2 is 2.06 bits per heavy atom. The molecule has 1 amide bonds. The predicted octanol–water partition coefficient (Wildman–Crippen LogP) is 1.29. The van der Waals surface area contributed by atoms with Gasteiger partial charge in [-0.2, -0.15) is 0 Å². The zero-order chi connectivity index (χ0) is 12.7. The van der Waals surface area contributed by atoms with Gasteiger partial charge in [0.25, 0.3) is 0 Å². The van der Waals surface area contributed by atoms with Crippen LogP contribution in [0.4, 0.5) is 0 Å². The van der Waals surface area contributed by atoms with Crippen molar-refractivity contribution in [2.75, 3.05) is 19.7 Å². The molecule has 0 saturated heterocycles. The van der Waals surface area contributed by atoms with E-state index in [9.17, 15) is 4.79 Å². The highest BCUT2D eigenvalue weighted by molar-refractivity contribution is 5.80. The first-order valence-electron chi connectivity index (χ1n) is 6.78. The molecule has 0 radical (unpaired) electrons. The van der Waals surface area contributed by atoms with Crippen LogP contribution in [0.15, 0.2) is 0 Å². The molecule has 100 valence electrons. The Bertz CT molecular complexity index is 233. The van der Waals surface area contributed by atoms with Gasteiger partial charge in [-0.25, -0.2) is 0 Å². The maximum Gasteiger partial charge on any atom is 0.248 e. The first-order chi connectivity index (χ1) is 8.19. The van der Waals surface area contributed by atoms with Crippen LogP contribution in [-0.2, 0) is 9.53 Å². The molecular formula is C13H26N2O2. The van der Waals surface area contributed by atoms with E-state index in [2.05, 4.69) is 5.32 Å². The van der Waals surface area contributed by atoms with Crippen molar-refractivity contribution in [1.29, 1.82) is 0 Å². The van der Waals surface area contributed by atoms with Crippen LogP contribution < -0.4 is 11.1 Å². The third-order valence-electron chi connectivity index (χ3n) is 3.65. The zero-order valence-electron chi connectivity index (χ0n) is 11.1. The molecule has 0 aromatic heterocycles. The van der Waals surface area contributed by atoms with Crippen LogP contribution >= 0.6 is 0 Å². The molecule has 1 aliphatic rings. The van der Waals surface area contributed by atoms with Gasteiger partial charge in [0.15, 0.2) is 0 Å². The third-order valence-corrected chi connectivity index (χ3v) is 3.65. The van der Waals surface area contributed by atoms with Crippen LogP contribution in [0.25, 0.3) is 0 Å². The fourth-order valence-electron chi connectivity index (χ4n) is 2.48. The number of nitrogens with two attached hydrogens (primary N) is 1. The number of rotatable bonds is 6. The molecule has 3 unspecified atom stereocenters. The fourth-order valence-corrected chi connectivity index (χ4v) is 2.48. The summed E-state index contributed by atoms with van der Waals surface area (Å²) in [4.78, 5) is 11.5. The number of hydrogen-bond donors (Lipinski definition) is 2. The summed E-state index contributed by atoms with van der Waals surface area (Å²) >= 11 is 0. The minimum absolute atomic E-state index is 0.0207. The van der Waals surface area contributed by atoms with Gasteiger partial charge in [0, 0.05) is 6.54 Å². The first-order valence-corrected chi connectivity index (χ1v) is 6.78. The second kappa shape index (κ2) is 7.67. The summed E-state index contributed by atoms with van der Waals surface area (Å²) in [6, 6.07) is 0. The molecule has 0 aliphatic heterocycles. The van der Waals surface area contributed by atoms with Gasteiger partial charge in [-0.3, -0.25) is 4.79 Å². The quantitative estimate of drug-likeness (QED) is 0.737. The van der Waals surface area contributed by atoms with Crippen molar-refractivity contribution in [3.05, 3.63) is 0 Å². The maximum atomic E-state index is 11.5. The Morgan fingerprint density at radius 3 is 2.65 bits per heavy atom. The van der Waals surface area contributed by atoms with Gasteiger partial charge in [-0.05, 0) is 45.1 Å². The van der Waals surface area contributed by atoms with Crippen molar-refractivity contribution in [2.45, 2.75) is 45.6 Å². The van der Waals surface area contributed by atoms with Crippen molar-refractivity contribution in [3.63, 3.8) is 0 Å². The average Bonchev–Trinajstić information content (AvgIpc) is 2.36. The van der Waals surface area contributed by atoms with Gasteiger partial charge in [0.05, 0.1) is 6.61 Å². The highest BCUT2D eigenvalue weighted by atomic mass is 16.5. The van der Waals surface area contributed by atoms with Gasteiger partial charge >= 0.3 is 0 Å². The highest BCUT2D eigenvalue weighted by Gasteiger charge is 2.25. The number of ether oxygens (including phenoxy) is 1. The highest BCUT2D eigenvalue weighted by Crippen LogP contribution is 2.29. The topological polar surface area (TPSA) is 64.3 Å². The minimum Gasteiger partial charge on any atom is -0.368 e. The molecule has 1 aliphatic carbocycles. The molecule has 1 fully saturated rings. The van der Waals surface area contributed by atoms with E-state index in [0.717, 1.165) is 6.54 Å². The molecular weight excluding hydrogens is 216 g/mol.